The van der Waals surface area contributed by atoms with Gasteiger partial charge in [0.1, 0.15) is 5.69 Å². The summed E-state index contributed by atoms with van der Waals surface area (Å²) in [6, 6.07) is 0.944. The summed E-state index contributed by atoms with van der Waals surface area (Å²) in [6.45, 7) is 11.8. The number of hydrogen-bond donors (Lipinski definition) is 2. The Bertz CT molecular complexity index is 1000. The molecule has 3 aromatic heterocycles. The first-order valence-corrected chi connectivity index (χ1v) is 10.5. The van der Waals surface area contributed by atoms with Crippen LogP contribution in [0.4, 0.5) is 14.6 Å². The van der Waals surface area contributed by atoms with Crippen LogP contribution in [0.3, 0.4) is 0 Å². The molecule has 3 aromatic rings. The number of anilines is 1. The Hall–Kier alpha value is -2.61. The number of piperidine rings is 1. The molecule has 0 saturated carbocycles. The molecule has 162 valence electrons. The van der Waals surface area contributed by atoms with Gasteiger partial charge in [-0.1, -0.05) is 34.6 Å². The summed E-state index contributed by atoms with van der Waals surface area (Å²) in [5.74, 6) is -1.36. The molecule has 0 bridgehead atoms. The third kappa shape index (κ3) is 4.59. The van der Waals surface area contributed by atoms with E-state index < -0.39 is 11.6 Å². The smallest absolute Gasteiger partial charge is 0.168 e. The molecule has 1 atom stereocenters. The van der Waals surface area contributed by atoms with Crippen molar-refractivity contribution in [2.45, 2.75) is 58.9 Å². The van der Waals surface area contributed by atoms with Crippen LogP contribution in [0, 0.1) is 11.6 Å². The van der Waals surface area contributed by atoms with Gasteiger partial charge in [-0.2, -0.15) is 0 Å². The Morgan fingerprint density at radius 2 is 1.90 bits per heavy atom. The Kier molecular flexibility index (Phi) is 6.65. The number of imidazole rings is 1. The molecule has 0 spiro atoms. The van der Waals surface area contributed by atoms with Crippen LogP contribution in [0.15, 0.2) is 24.7 Å². The molecule has 1 aliphatic heterocycles. The molecule has 1 saturated heterocycles. The standard InChI is InChI=1S/C20H24F2N6.C2H6/c1-20(2,3)16-11-28-15(9-25-17(28)10-24-16)18-13(21)7-14(22)19(27-18)26-12-5-4-6-23-8-12;1-2/h7,9-12,23H,4-6,8H2,1-3H3,(H,26,27);1-2H3. The van der Waals surface area contributed by atoms with Crippen molar-refractivity contribution in [2.24, 2.45) is 0 Å². The van der Waals surface area contributed by atoms with E-state index in [0.717, 1.165) is 37.7 Å². The lowest BCUT2D eigenvalue weighted by Crippen LogP contribution is -2.38. The van der Waals surface area contributed by atoms with Gasteiger partial charge in [0.05, 0.1) is 23.8 Å². The van der Waals surface area contributed by atoms with E-state index in [2.05, 4.69) is 46.4 Å². The summed E-state index contributed by atoms with van der Waals surface area (Å²) in [4.78, 5) is 13.0. The molecular weight excluding hydrogens is 386 g/mol. The van der Waals surface area contributed by atoms with Gasteiger partial charge in [-0.3, -0.25) is 9.38 Å². The lowest BCUT2D eigenvalue weighted by molar-refractivity contribution is 0.475. The van der Waals surface area contributed by atoms with Crippen molar-refractivity contribution in [1.82, 2.24) is 24.7 Å². The van der Waals surface area contributed by atoms with Crippen LogP contribution in [0.2, 0.25) is 0 Å². The van der Waals surface area contributed by atoms with Gasteiger partial charge in [-0.15, -0.1) is 0 Å². The third-order valence-corrected chi connectivity index (χ3v) is 4.97. The zero-order valence-electron chi connectivity index (χ0n) is 18.3. The first-order valence-electron chi connectivity index (χ1n) is 10.5. The van der Waals surface area contributed by atoms with E-state index >= 15 is 0 Å². The lowest BCUT2D eigenvalue weighted by atomic mass is 9.93. The highest BCUT2D eigenvalue weighted by atomic mass is 19.1. The van der Waals surface area contributed by atoms with Gasteiger partial charge in [-0.05, 0) is 19.4 Å². The number of nitrogens with one attached hydrogen (secondary N) is 2. The van der Waals surface area contributed by atoms with E-state index in [1.54, 1.807) is 16.8 Å². The molecule has 1 fully saturated rings. The van der Waals surface area contributed by atoms with Gasteiger partial charge in [0.15, 0.2) is 23.1 Å². The van der Waals surface area contributed by atoms with E-state index in [1.165, 1.54) is 0 Å². The minimum atomic E-state index is -0.722. The zero-order valence-corrected chi connectivity index (χ0v) is 18.3. The van der Waals surface area contributed by atoms with E-state index in [4.69, 9.17) is 0 Å². The van der Waals surface area contributed by atoms with Gasteiger partial charge >= 0.3 is 0 Å². The number of rotatable bonds is 3. The fraction of sp³-hybridized carbons (Fsp3) is 0.500. The third-order valence-electron chi connectivity index (χ3n) is 4.97. The van der Waals surface area contributed by atoms with Crippen molar-refractivity contribution in [3.05, 3.63) is 42.0 Å². The highest BCUT2D eigenvalue weighted by Gasteiger charge is 2.22. The molecule has 0 radical (unpaired) electrons. The van der Waals surface area contributed by atoms with Crippen LogP contribution >= 0.6 is 0 Å². The Morgan fingerprint density at radius 3 is 2.57 bits per heavy atom. The molecule has 30 heavy (non-hydrogen) atoms. The van der Waals surface area contributed by atoms with Crippen LogP contribution in [0.25, 0.3) is 17.0 Å². The molecule has 6 nitrogen and oxygen atoms in total. The molecule has 1 aliphatic rings. The summed E-state index contributed by atoms with van der Waals surface area (Å²) in [5, 5.41) is 6.37. The average Bonchev–Trinajstić information content (AvgIpc) is 3.15. The van der Waals surface area contributed by atoms with Gasteiger partial charge in [0, 0.05) is 30.3 Å². The molecule has 0 aliphatic carbocycles. The second-order valence-electron chi connectivity index (χ2n) is 8.23. The van der Waals surface area contributed by atoms with Crippen molar-refractivity contribution >= 4 is 11.5 Å². The summed E-state index contributed by atoms with van der Waals surface area (Å²) in [5.41, 5.74) is 1.77. The highest BCUT2D eigenvalue weighted by Crippen LogP contribution is 2.28. The minimum absolute atomic E-state index is 0.0603. The van der Waals surface area contributed by atoms with Gasteiger partial charge in [0.2, 0.25) is 0 Å². The van der Waals surface area contributed by atoms with Crippen LogP contribution in [-0.2, 0) is 5.41 Å². The van der Waals surface area contributed by atoms with Crippen LogP contribution in [0.1, 0.15) is 53.2 Å². The SMILES string of the molecule is CC.CC(C)(C)c1cn2c(-c3nc(NC4CCCNC4)c(F)cc3F)cnc2cn1. The number of aromatic nitrogens is 4. The minimum Gasteiger partial charge on any atom is -0.364 e. The predicted molar refractivity (Wildman–Crippen MR) is 116 cm³/mol. The Morgan fingerprint density at radius 1 is 1.13 bits per heavy atom. The second-order valence-corrected chi connectivity index (χ2v) is 8.23. The van der Waals surface area contributed by atoms with Crippen molar-refractivity contribution in [3.8, 4) is 11.4 Å². The highest BCUT2D eigenvalue weighted by molar-refractivity contribution is 5.62. The molecule has 2 N–H and O–H groups in total. The van der Waals surface area contributed by atoms with Crippen molar-refractivity contribution < 1.29 is 8.78 Å². The molecule has 0 aromatic carbocycles. The first kappa shape index (κ1) is 22.1. The van der Waals surface area contributed by atoms with Crippen LogP contribution in [-0.4, -0.2) is 38.5 Å². The summed E-state index contributed by atoms with van der Waals surface area (Å²) in [7, 11) is 0. The largest absolute Gasteiger partial charge is 0.364 e. The monoisotopic (exact) mass is 416 g/mol. The van der Waals surface area contributed by atoms with Crippen molar-refractivity contribution in [3.63, 3.8) is 0 Å². The van der Waals surface area contributed by atoms with Crippen molar-refractivity contribution in [2.75, 3.05) is 18.4 Å². The fourth-order valence-electron chi connectivity index (χ4n) is 3.37. The maximum Gasteiger partial charge on any atom is 0.168 e. The predicted octanol–water partition coefficient (Wildman–Crippen LogP) is 4.56. The number of pyridine rings is 1. The van der Waals surface area contributed by atoms with Crippen LogP contribution < -0.4 is 10.6 Å². The molecule has 8 heteroatoms. The first-order chi connectivity index (χ1) is 14.3. The van der Waals surface area contributed by atoms with Crippen molar-refractivity contribution in [1.29, 1.82) is 0 Å². The number of nitrogens with zero attached hydrogens (tertiary/aromatic N) is 4. The fourth-order valence-corrected chi connectivity index (χ4v) is 3.37. The van der Waals surface area contributed by atoms with Gasteiger partial charge in [-0.25, -0.2) is 18.7 Å². The molecule has 0 amide bonds. The van der Waals surface area contributed by atoms with Gasteiger partial charge in [0.25, 0.3) is 0 Å². The van der Waals surface area contributed by atoms with E-state index in [0.29, 0.717) is 11.3 Å². The normalized spacial score (nSPS) is 16.8. The second kappa shape index (κ2) is 9.04. The maximum atomic E-state index is 14.6. The number of fused-ring (bicyclic) bond motifs is 1. The Balaban J connectivity index is 0.00000124. The molecule has 4 heterocycles. The van der Waals surface area contributed by atoms with E-state index in [-0.39, 0.29) is 23.0 Å². The van der Waals surface area contributed by atoms with E-state index in [1.807, 2.05) is 20.0 Å². The molecule has 1 unspecified atom stereocenters. The molecule has 4 rings (SSSR count). The number of hydrogen-bond acceptors (Lipinski definition) is 5. The van der Waals surface area contributed by atoms with Crippen LogP contribution in [0.5, 0.6) is 0 Å². The summed E-state index contributed by atoms with van der Waals surface area (Å²) < 4.78 is 30.7. The van der Waals surface area contributed by atoms with E-state index in [9.17, 15) is 8.78 Å². The maximum absolute atomic E-state index is 14.6. The summed E-state index contributed by atoms with van der Waals surface area (Å²) >= 11 is 0. The lowest BCUT2D eigenvalue weighted by Gasteiger charge is -2.24. The zero-order chi connectivity index (χ0) is 21.9. The average molecular weight is 417 g/mol. The number of halogens is 2. The Labute approximate surface area is 176 Å². The molecular formula is C22H30F2N6. The van der Waals surface area contributed by atoms with Gasteiger partial charge < -0.3 is 10.6 Å². The quantitative estimate of drug-likeness (QED) is 0.655. The topological polar surface area (TPSA) is 67.1 Å². The summed E-state index contributed by atoms with van der Waals surface area (Å²) in [6.07, 6.45) is 6.94.